The van der Waals surface area contributed by atoms with Crippen LogP contribution in [-0.4, -0.2) is 53.6 Å². The van der Waals surface area contributed by atoms with Crippen molar-refractivity contribution in [2.45, 2.75) is 18.4 Å². The van der Waals surface area contributed by atoms with Crippen LogP contribution in [0.1, 0.15) is 0 Å². The molecule has 1 aliphatic rings. The Balaban J connectivity index is 0. The number of aliphatic carboxylic acids is 2. The number of carboxylic acids is 2. The smallest absolute Gasteiger partial charge is 0.475 e. The lowest BCUT2D eigenvalue weighted by Gasteiger charge is -2.21. The van der Waals surface area contributed by atoms with Crippen LogP contribution in [0.4, 0.5) is 26.3 Å². The van der Waals surface area contributed by atoms with Crippen molar-refractivity contribution < 1.29 is 46.1 Å². The van der Waals surface area contributed by atoms with Gasteiger partial charge in [0, 0.05) is 19.1 Å². The van der Waals surface area contributed by atoms with Gasteiger partial charge in [-0.15, -0.1) is 0 Å². The average molecular weight is 300 g/mol. The summed E-state index contributed by atoms with van der Waals surface area (Å²) in [4.78, 5) is 17.8. The van der Waals surface area contributed by atoms with Gasteiger partial charge in [-0.1, -0.05) is 0 Å². The first-order chi connectivity index (χ1) is 8.28. The molecule has 0 aromatic heterocycles. The predicted molar refractivity (Wildman–Crippen MR) is 48.2 cm³/mol. The van der Waals surface area contributed by atoms with Crippen molar-refractivity contribution >= 4 is 11.9 Å². The van der Waals surface area contributed by atoms with E-state index >= 15 is 0 Å². The summed E-state index contributed by atoms with van der Waals surface area (Å²) < 4.78 is 63.5. The molecule has 114 valence electrons. The highest BCUT2D eigenvalue weighted by Crippen LogP contribution is 2.13. The molecule has 0 amide bonds. The minimum atomic E-state index is -5.08. The van der Waals surface area contributed by atoms with Gasteiger partial charge in [-0.3, -0.25) is 0 Å². The van der Waals surface area contributed by atoms with Gasteiger partial charge >= 0.3 is 24.3 Å². The average Bonchev–Trinajstić information content (AvgIpc) is 2.13. The first-order valence-corrected chi connectivity index (χ1v) is 4.35. The molecule has 0 aliphatic carbocycles. The summed E-state index contributed by atoms with van der Waals surface area (Å²) in [5.74, 6) is -5.51. The summed E-state index contributed by atoms with van der Waals surface area (Å²) in [5, 5.41) is 17.3. The van der Waals surface area contributed by atoms with Gasteiger partial charge in [0.15, 0.2) is 0 Å². The summed E-state index contributed by atoms with van der Waals surface area (Å²) in [6.45, 7) is 2.03. The SMILES string of the molecule is NC1CNC1.O=C(O)C(F)(F)F.O=C(O)C(F)(F)F. The van der Waals surface area contributed by atoms with Gasteiger partial charge in [-0.25, -0.2) is 9.59 Å². The Morgan fingerprint density at radius 3 is 1.11 bits per heavy atom. The molecule has 1 rings (SSSR count). The Morgan fingerprint density at radius 2 is 1.11 bits per heavy atom. The Hall–Kier alpha value is -1.56. The monoisotopic (exact) mass is 300 g/mol. The molecule has 19 heavy (non-hydrogen) atoms. The molecule has 12 heteroatoms. The lowest BCUT2D eigenvalue weighted by Crippen LogP contribution is -2.52. The van der Waals surface area contributed by atoms with E-state index in [1.54, 1.807) is 0 Å². The summed E-state index contributed by atoms with van der Waals surface area (Å²) in [6.07, 6.45) is -10.2. The summed E-state index contributed by atoms with van der Waals surface area (Å²) in [5.41, 5.74) is 5.32. The number of nitrogens with one attached hydrogen (secondary N) is 1. The molecule has 0 saturated carbocycles. The van der Waals surface area contributed by atoms with E-state index in [1.807, 2.05) is 0 Å². The molecule has 1 fully saturated rings. The van der Waals surface area contributed by atoms with E-state index in [0.717, 1.165) is 13.1 Å². The fourth-order valence-corrected chi connectivity index (χ4v) is 0.311. The lowest BCUT2D eigenvalue weighted by molar-refractivity contribution is -0.193. The fraction of sp³-hybridized carbons (Fsp3) is 0.714. The van der Waals surface area contributed by atoms with E-state index in [1.165, 1.54) is 0 Å². The summed E-state index contributed by atoms with van der Waals surface area (Å²) in [7, 11) is 0. The largest absolute Gasteiger partial charge is 0.490 e. The highest BCUT2D eigenvalue weighted by atomic mass is 19.4. The molecule has 0 atom stereocenters. The van der Waals surface area contributed by atoms with Crippen LogP contribution in [0.25, 0.3) is 0 Å². The summed E-state index contributed by atoms with van der Waals surface area (Å²) in [6, 6.07) is 0.454. The molecule has 1 heterocycles. The Labute approximate surface area is 102 Å². The maximum atomic E-state index is 10.6. The molecule has 5 N–H and O–H groups in total. The standard InChI is InChI=1S/C3H8N2.2C2HF3O2/c4-3-1-5-2-3;2*3-2(4,5)1(6)7/h3,5H,1-2,4H2;2*(H,6,7). The highest BCUT2D eigenvalue weighted by molar-refractivity contribution is 5.73. The number of alkyl halides is 6. The maximum Gasteiger partial charge on any atom is 0.490 e. The van der Waals surface area contributed by atoms with E-state index in [2.05, 4.69) is 5.32 Å². The van der Waals surface area contributed by atoms with Gasteiger partial charge < -0.3 is 21.3 Å². The normalized spacial score (nSPS) is 15.1. The van der Waals surface area contributed by atoms with Crippen LogP contribution in [0.15, 0.2) is 0 Å². The third kappa shape index (κ3) is 12.7. The number of halogens is 6. The summed E-state index contributed by atoms with van der Waals surface area (Å²) >= 11 is 0. The lowest BCUT2D eigenvalue weighted by atomic mass is 10.2. The van der Waals surface area contributed by atoms with Gasteiger partial charge in [0.05, 0.1) is 0 Å². The molecule has 0 bridgehead atoms. The Bertz CT molecular complexity index is 275. The van der Waals surface area contributed by atoms with E-state index in [4.69, 9.17) is 25.5 Å². The second-order valence-corrected chi connectivity index (χ2v) is 3.02. The second kappa shape index (κ2) is 7.78. The van der Waals surface area contributed by atoms with Crippen LogP contribution in [-0.2, 0) is 9.59 Å². The number of hydrogen-bond acceptors (Lipinski definition) is 4. The topological polar surface area (TPSA) is 113 Å². The van der Waals surface area contributed by atoms with E-state index in [0.29, 0.717) is 6.04 Å². The molecule has 1 saturated heterocycles. The maximum absolute atomic E-state index is 10.6. The predicted octanol–water partition coefficient (Wildman–Crippen LogP) is 0.183. The molecule has 0 radical (unpaired) electrons. The minimum Gasteiger partial charge on any atom is -0.475 e. The quantitative estimate of drug-likeness (QED) is 0.475. The third-order valence-electron chi connectivity index (χ3n) is 1.30. The van der Waals surface area contributed by atoms with Crippen LogP contribution in [0.5, 0.6) is 0 Å². The van der Waals surface area contributed by atoms with Gasteiger partial charge in [-0.2, -0.15) is 26.3 Å². The van der Waals surface area contributed by atoms with Crippen LogP contribution < -0.4 is 11.1 Å². The van der Waals surface area contributed by atoms with Gasteiger partial charge in [0.25, 0.3) is 0 Å². The van der Waals surface area contributed by atoms with Crippen molar-refractivity contribution in [1.82, 2.24) is 5.32 Å². The Morgan fingerprint density at radius 1 is 0.947 bits per heavy atom. The highest BCUT2D eigenvalue weighted by Gasteiger charge is 2.38. The van der Waals surface area contributed by atoms with Gasteiger partial charge in [0.2, 0.25) is 0 Å². The van der Waals surface area contributed by atoms with Crippen LogP contribution in [0.2, 0.25) is 0 Å². The van der Waals surface area contributed by atoms with Crippen LogP contribution in [0, 0.1) is 0 Å². The first-order valence-electron chi connectivity index (χ1n) is 4.35. The number of hydrogen-bond donors (Lipinski definition) is 4. The molecule has 6 nitrogen and oxygen atoms in total. The molecule has 0 aromatic carbocycles. The van der Waals surface area contributed by atoms with Crippen LogP contribution >= 0.6 is 0 Å². The zero-order valence-electron chi connectivity index (χ0n) is 9.05. The molecular formula is C7H10F6N2O4. The van der Waals surface area contributed by atoms with E-state index in [9.17, 15) is 26.3 Å². The third-order valence-corrected chi connectivity index (χ3v) is 1.30. The fourth-order valence-electron chi connectivity index (χ4n) is 0.311. The van der Waals surface area contributed by atoms with Gasteiger partial charge in [0.1, 0.15) is 0 Å². The van der Waals surface area contributed by atoms with Crippen molar-refractivity contribution in [3.63, 3.8) is 0 Å². The number of nitrogens with two attached hydrogens (primary N) is 1. The molecule has 0 spiro atoms. The number of carbonyl (C=O) groups is 2. The first kappa shape index (κ1) is 19.8. The van der Waals surface area contributed by atoms with Crippen molar-refractivity contribution in [3.05, 3.63) is 0 Å². The van der Waals surface area contributed by atoms with Gasteiger partial charge in [-0.05, 0) is 0 Å². The second-order valence-electron chi connectivity index (χ2n) is 3.02. The number of rotatable bonds is 0. The zero-order chi connectivity index (χ0) is 15.9. The van der Waals surface area contributed by atoms with E-state index in [-0.39, 0.29) is 0 Å². The molecule has 0 aromatic rings. The number of carboxylic acid groups (broad SMARTS) is 2. The van der Waals surface area contributed by atoms with Crippen molar-refractivity contribution in [1.29, 1.82) is 0 Å². The minimum absolute atomic E-state index is 0.454. The zero-order valence-corrected chi connectivity index (χ0v) is 9.05. The molecule has 0 unspecified atom stereocenters. The van der Waals surface area contributed by atoms with Crippen molar-refractivity contribution in [2.24, 2.45) is 5.73 Å². The Kier molecular flexibility index (Phi) is 8.10. The van der Waals surface area contributed by atoms with Crippen LogP contribution in [0.3, 0.4) is 0 Å². The van der Waals surface area contributed by atoms with Crippen molar-refractivity contribution in [3.8, 4) is 0 Å². The van der Waals surface area contributed by atoms with Crippen molar-refractivity contribution in [2.75, 3.05) is 13.1 Å². The molecule has 1 aliphatic heterocycles. The van der Waals surface area contributed by atoms with E-state index < -0.39 is 24.3 Å². The molecular weight excluding hydrogens is 290 g/mol.